The van der Waals surface area contributed by atoms with Gasteiger partial charge >= 0.3 is 0 Å². The third kappa shape index (κ3) is 3.56. The first-order valence-corrected chi connectivity index (χ1v) is 10.1. The number of carbonyl (C=O) groups excluding carboxylic acids is 1. The number of hydrogen-bond acceptors (Lipinski definition) is 3. The Bertz CT molecular complexity index is 954. The quantitative estimate of drug-likeness (QED) is 0.749. The topological polar surface area (TPSA) is 49.6 Å². The van der Waals surface area contributed by atoms with Crippen LogP contribution in [0.2, 0.25) is 0 Å². The van der Waals surface area contributed by atoms with E-state index in [2.05, 4.69) is 22.1 Å². The molecule has 4 rings (SSSR count). The van der Waals surface area contributed by atoms with Crippen LogP contribution in [0.3, 0.4) is 0 Å². The monoisotopic (exact) mass is 364 g/mol. The summed E-state index contributed by atoms with van der Waals surface area (Å²) in [6.07, 6.45) is 6.53. The van der Waals surface area contributed by atoms with Crippen molar-refractivity contribution in [3.05, 3.63) is 47.8 Å². The predicted octanol–water partition coefficient (Wildman–Crippen LogP) is 3.79. The highest BCUT2D eigenvalue weighted by atomic mass is 16.1. The number of amides is 1. The molecular weight excluding hydrogens is 336 g/mol. The second kappa shape index (κ2) is 7.69. The molecule has 0 saturated carbocycles. The van der Waals surface area contributed by atoms with Gasteiger partial charge in [-0.15, -0.1) is 0 Å². The molecule has 0 bridgehead atoms. The molecule has 0 spiro atoms. The summed E-state index contributed by atoms with van der Waals surface area (Å²) in [6, 6.07) is 10.3. The summed E-state index contributed by atoms with van der Waals surface area (Å²) in [5, 5.41) is 4.25. The fourth-order valence-electron chi connectivity index (χ4n) is 4.06. The van der Waals surface area contributed by atoms with E-state index in [1.807, 2.05) is 47.9 Å². The minimum absolute atomic E-state index is 0.00110. The number of rotatable bonds is 5. The van der Waals surface area contributed by atoms with Crippen molar-refractivity contribution in [3.8, 4) is 0 Å². The standard InChI is InChI=1S/C22H28N4O/c1-3-4-12-25-13-10-17(11-14-25)24-22(27)20-18-7-5-6-8-19(18)26-15-9-16(2)23-21(20)26/h5-9,15,17H,3-4,10-14H2,1-2H3,(H,24,27). The second-order valence-electron chi connectivity index (χ2n) is 7.60. The largest absolute Gasteiger partial charge is 0.349 e. The fourth-order valence-corrected chi connectivity index (χ4v) is 4.06. The molecule has 1 saturated heterocycles. The summed E-state index contributed by atoms with van der Waals surface area (Å²) in [5.41, 5.74) is 3.39. The van der Waals surface area contributed by atoms with Gasteiger partial charge in [-0.1, -0.05) is 31.5 Å². The first-order chi connectivity index (χ1) is 13.2. The van der Waals surface area contributed by atoms with E-state index < -0.39 is 0 Å². The summed E-state index contributed by atoms with van der Waals surface area (Å²) in [6.45, 7) is 7.51. The number of fused-ring (bicyclic) bond motifs is 3. The molecule has 1 aromatic carbocycles. The lowest BCUT2D eigenvalue weighted by atomic mass is 10.0. The minimum atomic E-state index is -0.00110. The van der Waals surface area contributed by atoms with Crippen LogP contribution in [0.15, 0.2) is 36.5 Å². The van der Waals surface area contributed by atoms with Gasteiger partial charge in [0.25, 0.3) is 5.91 Å². The van der Waals surface area contributed by atoms with E-state index in [1.54, 1.807) is 0 Å². The van der Waals surface area contributed by atoms with Crippen LogP contribution < -0.4 is 5.32 Å². The Morgan fingerprint density at radius 2 is 2.00 bits per heavy atom. The van der Waals surface area contributed by atoms with E-state index in [0.717, 1.165) is 48.2 Å². The third-order valence-electron chi connectivity index (χ3n) is 5.61. The van der Waals surface area contributed by atoms with Gasteiger partial charge in [-0.3, -0.25) is 4.79 Å². The van der Waals surface area contributed by atoms with Crippen molar-refractivity contribution in [2.45, 2.75) is 45.6 Å². The zero-order chi connectivity index (χ0) is 18.8. The molecular formula is C22H28N4O. The van der Waals surface area contributed by atoms with Crippen LogP contribution in [0.25, 0.3) is 16.6 Å². The van der Waals surface area contributed by atoms with Gasteiger partial charge < -0.3 is 14.6 Å². The highest BCUT2D eigenvalue weighted by molar-refractivity contribution is 6.13. The summed E-state index contributed by atoms with van der Waals surface area (Å²) >= 11 is 0. The van der Waals surface area contributed by atoms with E-state index in [4.69, 9.17) is 0 Å². The lowest BCUT2D eigenvalue weighted by molar-refractivity contribution is 0.0914. The maximum absolute atomic E-state index is 13.2. The number of likely N-dealkylation sites (tertiary alicyclic amines) is 1. The van der Waals surface area contributed by atoms with Crippen molar-refractivity contribution in [1.29, 1.82) is 0 Å². The summed E-state index contributed by atoms with van der Waals surface area (Å²) in [7, 11) is 0. The van der Waals surface area contributed by atoms with E-state index in [1.165, 1.54) is 19.4 Å². The van der Waals surface area contributed by atoms with Gasteiger partial charge in [-0.25, -0.2) is 4.98 Å². The van der Waals surface area contributed by atoms with Crippen molar-refractivity contribution >= 4 is 22.5 Å². The molecule has 1 amide bonds. The summed E-state index contributed by atoms with van der Waals surface area (Å²) in [5.74, 6) is -0.00110. The van der Waals surface area contributed by atoms with Gasteiger partial charge in [0.15, 0.2) is 5.65 Å². The Morgan fingerprint density at radius 3 is 2.78 bits per heavy atom. The van der Waals surface area contributed by atoms with Crippen molar-refractivity contribution in [2.24, 2.45) is 0 Å². The average molecular weight is 364 g/mol. The number of aryl methyl sites for hydroxylation is 1. The lowest BCUT2D eigenvalue weighted by Crippen LogP contribution is -2.44. The molecule has 142 valence electrons. The first kappa shape index (κ1) is 18.0. The predicted molar refractivity (Wildman–Crippen MR) is 109 cm³/mol. The zero-order valence-corrected chi connectivity index (χ0v) is 16.2. The van der Waals surface area contributed by atoms with Crippen LogP contribution in [0, 0.1) is 6.92 Å². The van der Waals surface area contributed by atoms with Gasteiger partial charge in [0, 0.05) is 36.4 Å². The van der Waals surface area contributed by atoms with Crippen molar-refractivity contribution in [1.82, 2.24) is 19.6 Å². The van der Waals surface area contributed by atoms with Crippen molar-refractivity contribution in [3.63, 3.8) is 0 Å². The zero-order valence-electron chi connectivity index (χ0n) is 16.2. The van der Waals surface area contributed by atoms with Crippen LogP contribution in [0.1, 0.15) is 48.7 Å². The van der Waals surface area contributed by atoms with E-state index >= 15 is 0 Å². The molecule has 2 aromatic heterocycles. The smallest absolute Gasteiger partial charge is 0.255 e. The first-order valence-electron chi connectivity index (χ1n) is 10.1. The molecule has 5 heteroatoms. The molecule has 3 aromatic rings. The molecule has 1 N–H and O–H groups in total. The van der Waals surface area contributed by atoms with E-state index in [9.17, 15) is 4.79 Å². The molecule has 0 unspecified atom stereocenters. The highest BCUT2D eigenvalue weighted by Gasteiger charge is 2.24. The maximum atomic E-state index is 13.2. The number of piperidine rings is 1. The van der Waals surface area contributed by atoms with Gasteiger partial charge in [0.2, 0.25) is 0 Å². The number of hydrogen-bond donors (Lipinski definition) is 1. The highest BCUT2D eigenvalue weighted by Crippen LogP contribution is 2.26. The summed E-state index contributed by atoms with van der Waals surface area (Å²) in [4.78, 5) is 20.4. The molecule has 5 nitrogen and oxygen atoms in total. The molecule has 1 aliphatic heterocycles. The second-order valence-corrected chi connectivity index (χ2v) is 7.60. The number of nitrogens with one attached hydrogen (secondary N) is 1. The molecule has 1 aliphatic rings. The Balaban J connectivity index is 1.57. The molecule has 0 atom stereocenters. The van der Waals surface area contributed by atoms with Crippen LogP contribution >= 0.6 is 0 Å². The number of nitrogens with zero attached hydrogens (tertiary/aromatic N) is 3. The minimum Gasteiger partial charge on any atom is -0.349 e. The molecule has 1 fully saturated rings. The lowest BCUT2D eigenvalue weighted by Gasteiger charge is -2.32. The molecule has 0 aliphatic carbocycles. The van der Waals surface area contributed by atoms with Gasteiger partial charge in [-0.05, 0) is 44.9 Å². The van der Waals surface area contributed by atoms with E-state index in [-0.39, 0.29) is 11.9 Å². The van der Waals surface area contributed by atoms with E-state index in [0.29, 0.717) is 5.56 Å². The average Bonchev–Trinajstić information content (AvgIpc) is 3.01. The summed E-state index contributed by atoms with van der Waals surface area (Å²) < 4.78 is 2.02. The Morgan fingerprint density at radius 1 is 1.22 bits per heavy atom. The Hall–Kier alpha value is -2.40. The molecule has 27 heavy (non-hydrogen) atoms. The number of carbonyl (C=O) groups is 1. The number of benzene rings is 1. The van der Waals surface area contributed by atoms with Crippen LogP contribution in [0.4, 0.5) is 0 Å². The Labute approximate surface area is 160 Å². The number of unbranched alkanes of at least 4 members (excludes halogenated alkanes) is 1. The van der Waals surface area contributed by atoms with Gasteiger partial charge in [0.1, 0.15) is 0 Å². The molecule has 0 radical (unpaired) electrons. The SMILES string of the molecule is CCCCN1CCC(NC(=O)c2c3ccccc3n3ccc(C)nc23)CC1. The van der Waals surface area contributed by atoms with Gasteiger partial charge in [0.05, 0.1) is 11.1 Å². The van der Waals surface area contributed by atoms with Crippen LogP contribution in [-0.2, 0) is 0 Å². The van der Waals surface area contributed by atoms with Crippen molar-refractivity contribution < 1.29 is 4.79 Å². The molecule has 3 heterocycles. The number of aromatic nitrogens is 2. The van der Waals surface area contributed by atoms with Crippen LogP contribution in [-0.4, -0.2) is 45.9 Å². The fraction of sp³-hybridized carbons (Fsp3) is 0.455. The third-order valence-corrected chi connectivity index (χ3v) is 5.61. The number of para-hydroxylation sites is 1. The van der Waals surface area contributed by atoms with Crippen LogP contribution in [0.5, 0.6) is 0 Å². The normalized spacial score (nSPS) is 16.2. The van der Waals surface area contributed by atoms with Crippen molar-refractivity contribution in [2.75, 3.05) is 19.6 Å². The Kier molecular flexibility index (Phi) is 5.12. The van der Waals surface area contributed by atoms with Gasteiger partial charge in [-0.2, -0.15) is 0 Å². The maximum Gasteiger partial charge on any atom is 0.255 e.